The molecule has 0 unspecified atom stereocenters. The minimum atomic E-state index is -0.239. The number of carbonyl (C=O) groups is 2. The number of hydrogen-bond donors (Lipinski definition) is 0. The molecule has 3 amide bonds. The number of nitrogens with zero attached hydrogens (tertiary/aromatic N) is 4. The molecule has 0 aliphatic carbocycles. The molecule has 2 fully saturated rings. The van der Waals surface area contributed by atoms with E-state index in [1.165, 1.54) is 12.1 Å². The molecule has 3 rings (SSSR count). The van der Waals surface area contributed by atoms with Crippen LogP contribution in [0.5, 0.6) is 0 Å². The number of piperidine rings is 1. The fourth-order valence-electron chi connectivity index (χ4n) is 3.73. The summed E-state index contributed by atoms with van der Waals surface area (Å²) < 4.78 is 13.1. The highest BCUT2D eigenvalue weighted by molar-refractivity contribution is 5.81. The van der Waals surface area contributed by atoms with Gasteiger partial charge in [-0.25, -0.2) is 9.18 Å². The van der Waals surface area contributed by atoms with Crippen LogP contribution in [0.4, 0.5) is 14.9 Å². The van der Waals surface area contributed by atoms with Crippen LogP contribution in [0, 0.1) is 11.7 Å². The van der Waals surface area contributed by atoms with Gasteiger partial charge in [0.25, 0.3) is 0 Å². The molecule has 142 valence electrons. The Balaban J connectivity index is 1.54. The van der Waals surface area contributed by atoms with E-state index in [4.69, 9.17) is 0 Å². The Labute approximate surface area is 154 Å². The van der Waals surface area contributed by atoms with Crippen LogP contribution in [-0.4, -0.2) is 80.0 Å². The molecule has 0 N–H and O–H groups in total. The standard InChI is InChI=1S/C19H27FN4O2/c1-21(2)19(26)24-9-3-4-15(14-24)18(25)23-12-10-22(11-13-23)17-7-5-16(20)6-8-17/h5-8,15H,3-4,9-14H2,1-2H3/t15-/m0/s1. The van der Waals surface area contributed by atoms with Gasteiger partial charge in [0, 0.05) is 59.1 Å². The van der Waals surface area contributed by atoms with Gasteiger partial charge in [-0.15, -0.1) is 0 Å². The number of hydrogen-bond acceptors (Lipinski definition) is 3. The first-order valence-corrected chi connectivity index (χ1v) is 9.21. The molecule has 0 saturated carbocycles. The van der Waals surface area contributed by atoms with E-state index in [1.807, 2.05) is 4.90 Å². The molecule has 1 atom stereocenters. The fraction of sp³-hybridized carbons (Fsp3) is 0.579. The maximum Gasteiger partial charge on any atom is 0.319 e. The van der Waals surface area contributed by atoms with Gasteiger partial charge in [-0.3, -0.25) is 4.79 Å². The predicted octanol–water partition coefficient (Wildman–Crippen LogP) is 1.87. The SMILES string of the molecule is CN(C)C(=O)N1CCC[C@H](C(=O)N2CCN(c3ccc(F)cc3)CC2)C1. The van der Waals surface area contributed by atoms with Gasteiger partial charge in [-0.1, -0.05) is 0 Å². The zero-order chi connectivity index (χ0) is 18.7. The molecular weight excluding hydrogens is 335 g/mol. The first kappa shape index (κ1) is 18.5. The average molecular weight is 362 g/mol. The van der Waals surface area contributed by atoms with Crippen LogP contribution < -0.4 is 4.90 Å². The van der Waals surface area contributed by atoms with E-state index in [9.17, 15) is 14.0 Å². The number of urea groups is 1. The van der Waals surface area contributed by atoms with Crippen LogP contribution >= 0.6 is 0 Å². The van der Waals surface area contributed by atoms with Gasteiger partial charge in [0.15, 0.2) is 0 Å². The van der Waals surface area contributed by atoms with E-state index >= 15 is 0 Å². The minimum absolute atomic E-state index is 0.0244. The van der Waals surface area contributed by atoms with E-state index in [1.54, 1.807) is 36.0 Å². The molecule has 2 aliphatic rings. The summed E-state index contributed by atoms with van der Waals surface area (Å²) in [5.74, 6) is -0.193. The van der Waals surface area contributed by atoms with Crippen molar-refractivity contribution in [3.8, 4) is 0 Å². The second-order valence-electron chi connectivity index (χ2n) is 7.25. The summed E-state index contributed by atoms with van der Waals surface area (Å²) in [6, 6.07) is 6.46. The first-order valence-electron chi connectivity index (χ1n) is 9.21. The molecule has 7 heteroatoms. The first-order chi connectivity index (χ1) is 12.5. The van der Waals surface area contributed by atoms with Crippen molar-refractivity contribution < 1.29 is 14.0 Å². The van der Waals surface area contributed by atoms with Crippen LogP contribution in [0.2, 0.25) is 0 Å². The van der Waals surface area contributed by atoms with Gasteiger partial charge in [0.1, 0.15) is 5.82 Å². The second-order valence-corrected chi connectivity index (χ2v) is 7.25. The van der Waals surface area contributed by atoms with Gasteiger partial charge in [-0.2, -0.15) is 0 Å². The molecule has 6 nitrogen and oxygen atoms in total. The van der Waals surface area contributed by atoms with E-state index in [-0.39, 0.29) is 23.7 Å². The third kappa shape index (κ3) is 4.08. The van der Waals surface area contributed by atoms with E-state index in [0.29, 0.717) is 19.6 Å². The lowest BCUT2D eigenvalue weighted by molar-refractivity contribution is -0.137. The van der Waals surface area contributed by atoms with Crippen molar-refractivity contribution >= 4 is 17.6 Å². The molecule has 2 aliphatic heterocycles. The largest absolute Gasteiger partial charge is 0.368 e. The van der Waals surface area contributed by atoms with Crippen LogP contribution in [0.1, 0.15) is 12.8 Å². The summed E-state index contributed by atoms with van der Waals surface area (Å²) in [4.78, 5) is 32.5. The third-order valence-electron chi connectivity index (χ3n) is 5.21. The summed E-state index contributed by atoms with van der Waals surface area (Å²) in [5, 5.41) is 0. The highest BCUT2D eigenvalue weighted by Gasteiger charge is 2.33. The number of piperazine rings is 1. The minimum Gasteiger partial charge on any atom is -0.368 e. The summed E-state index contributed by atoms with van der Waals surface area (Å²) in [7, 11) is 3.48. The Morgan fingerprint density at radius 1 is 1.00 bits per heavy atom. The van der Waals surface area contributed by atoms with Crippen molar-refractivity contribution in [1.82, 2.24) is 14.7 Å². The van der Waals surface area contributed by atoms with Crippen molar-refractivity contribution in [3.05, 3.63) is 30.1 Å². The number of likely N-dealkylation sites (tertiary alicyclic amines) is 1. The van der Waals surface area contributed by atoms with Gasteiger partial charge >= 0.3 is 6.03 Å². The van der Waals surface area contributed by atoms with E-state index in [2.05, 4.69) is 4.90 Å². The molecule has 1 aromatic rings. The lowest BCUT2D eigenvalue weighted by Gasteiger charge is -2.40. The molecule has 26 heavy (non-hydrogen) atoms. The van der Waals surface area contributed by atoms with E-state index in [0.717, 1.165) is 38.2 Å². The highest BCUT2D eigenvalue weighted by atomic mass is 19.1. The average Bonchev–Trinajstić information content (AvgIpc) is 2.67. The summed E-state index contributed by atoms with van der Waals surface area (Å²) in [6.07, 6.45) is 1.71. The topological polar surface area (TPSA) is 47.1 Å². The molecule has 2 saturated heterocycles. The van der Waals surface area contributed by atoms with Crippen LogP contribution in [0.25, 0.3) is 0 Å². The molecule has 0 spiro atoms. The molecule has 0 aromatic heterocycles. The second kappa shape index (κ2) is 7.93. The van der Waals surface area contributed by atoms with Gasteiger partial charge in [0.05, 0.1) is 5.92 Å². The summed E-state index contributed by atoms with van der Waals surface area (Å²) >= 11 is 0. The summed E-state index contributed by atoms with van der Waals surface area (Å²) in [5.41, 5.74) is 0.985. The lowest BCUT2D eigenvalue weighted by Crippen LogP contribution is -2.53. The Kier molecular flexibility index (Phi) is 5.64. The summed E-state index contributed by atoms with van der Waals surface area (Å²) in [6.45, 7) is 4.03. The van der Waals surface area contributed by atoms with E-state index < -0.39 is 0 Å². The number of benzene rings is 1. The molecule has 0 radical (unpaired) electrons. The van der Waals surface area contributed by atoms with Crippen LogP contribution in [-0.2, 0) is 4.79 Å². The monoisotopic (exact) mass is 362 g/mol. The maximum absolute atomic E-state index is 13.1. The molecular formula is C19H27FN4O2. The number of carbonyl (C=O) groups excluding carboxylic acids is 2. The highest BCUT2D eigenvalue weighted by Crippen LogP contribution is 2.22. The molecule has 1 aromatic carbocycles. The van der Waals surface area contributed by atoms with Crippen molar-refractivity contribution in [2.75, 3.05) is 58.3 Å². The van der Waals surface area contributed by atoms with Crippen molar-refractivity contribution in [1.29, 1.82) is 0 Å². The lowest BCUT2D eigenvalue weighted by atomic mass is 9.96. The smallest absolute Gasteiger partial charge is 0.319 e. The van der Waals surface area contributed by atoms with Crippen molar-refractivity contribution in [2.24, 2.45) is 5.92 Å². The Morgan fingerprint density at radius 2 is 1.65 bits per heavy atom. The van der Waals surface area contributed by atoms with Crippen molar-refractivity contribution in [2.45, 2.75) is 12.8 Å². The van der Waals surface area contributed by atoms with Gasteiger partial charge in [-0.05, 0) is 37.1 Å². The normalized spacial score (nSPS) is 20.9. The number of halogens is 1. The Hall–Kier alpha value is -2.31. The van der Waals surface area contributed by atoms with Gasteiger partial charge < -0.3 is 19.6 Å². The van der Waals surface area contributed by atoms with Crippen LogP contribution in [0.15, 0.2) is 24.3 Å². The number of amides is 3. The Bertz CT molecular complexity index is 641. The zero-order valence-electron chi connectivity index (χ0n) is 15.5. The molecule has 0 bridgehead atoms. The third-order valence-corrected chi connectivity index (χ3v) is 5.21. The van der Waals surface area contributed by atoms with Gasteiger partial charge in [0.2, 0.25) is 5.91 Å². The van der Waals surface area contributed by atoms with Crippen LogP contribution in [0.3, 0.4) is 0 Å². The maximum atomic E-state index is 13.1. The number of anilines is 1. The zero-order valence-corrected chi connectivity index (χ0v) is 15.5. The Morgan fingerprint density at radius 3 is 2.27 bits per heavy atom. The van der Waals surface area contributed by atoms with Crippen molar-refractivity contribution in [3.63, 3.8) is 0 Å². The number of rotatable bonds is 2. The fourth-order valence-corrected chi connectivity index (χ4v) is 3.73. The quantitative estimate of drug-likeness (QED) is 0.807. The predicted molar refractivity (Wildman–Crippen MR) is 98.6 cm³/mol. The molecule has 2 heterocycles.